The van der Waals surface area contributed by atoms with Gasteiger partial charge in [-0.3, -0.25) is 38.5 Å². The Morgan fingerprint density at radius 1 is 0.706 bits per heavy atom. The number of nitrogens with zero attached hydrogens (tertiary/aromatic N) is 1. The number of nitrogens with two attached hydrogens (primary N) is 3. The lowest BCUT2D eigenvalue weighted by atomic mass is 10.0. The molecular weight excluding hydrogens is 670 g/mol. The summed E-state index contributed by atoms with van der Waals surface area (Å²) in [7, 11) is 0. The zero-order chi connectivity index (χ0) is 38.2. The van der Waals surface area contributed by atoms with Gasteiger partial charge in [0.15, 0.2) is 0 Å². The molecule has 0 heterocycles. The Morgan fingerprint density at radius 3 is 1.63 bits per heavy atom. The molecule has 0 aliphatic carbocycles. The third kappa shape index (κ3) is 13.5. The van der Waals surface area contributed by atoms with Gasteiger partial charge in [-0.25, -0.2) is 0 Å². The Kier molecular flexibility index (Phi) is 16.2. The van der Waals surface area contributed by atoms with Crippen molar-refractivity contribution in [3.05, 3.63) is 59.7 Å². The van der Waals surface area contributed by atoms with Crippen molar-refractivity contribution < 1.29 is 53.7 Å². The molecule has 276 valence electrons. The van der Waals surface area contributed by atoms with Crippen LogP contribution >= 0.6 is 0 Å². The molecule has 0 fully saturated rings. The zero-order valence-corrected chi connectivity index (χ0v) is 27.8. The van der Waals surface area contributed by atoms with Gasteiger partial charge in [0.1, 0.15) is 35.9 Å². The molecule has 51 heavy (non-hydrogen) atoms. The van der Waals surface area contributed by atoms with Crippen molar-refractivity contribution in [3.63, 3.8) is 0 Å². The summed E-state index contributed by atoms with van der Waals surface area (Å²) in [5, 5.41) is 36.3. The molecule has 2 rings (SSSR count). The number of nitrogens with one attached hydrogen (secondary N) is 3. The van der Waals surface area contributed by atoms with E-state index in [1.165, 1.54) is 36.4 Å². The Hall–Kier alpha value is -5.88. The number of carbonyl (C=O) groups is 8. The number of rotatable bonds is 20. The van der Waals surface area contributed by atoms with Gasteiger partial charge in [0.25, 0.3) is 5.91 Å². The van der Waals surface area contributed by atoms with Gasteiger partial charge in [0.05, 0.1) is 18.7 Å². The molecule has 0 saturated heterocycles. The molecule has 0 spiro atoms. The van der Waals surface area contributed by atoms with Gasteiger partial charge in [0, 0.05) is 26.2 Å². The van der Waals surface area contributed by atoms with Crippen LogP contribution in [0.4, 0.5) is 0 Å². The van der Waals surface area contributed by atoms with Crippen LogP contribution < -0.4 is 33.2 Å². The standard InChI is InChI=1S/C33H43N7O11/c1-18(43)40(21(16-41)6-12-28(35)46)33(51)25(11-13-29(36)47)37-32(50)27(17-42)39-31(49)26(15-20-4-9-23(45)10-5-20)38-30(48)24(34)14-19-2-7-22(44)8-3-19/h2-5,7-10,16,21,24-27,42,44-45H,6,11-15,17,34H2,1H3,(H2,35,46)(H2,36,47)(H,37,50)(H,38,48)(H,39,49)/t21-,24-,25-,26-,27-/m0/s1. The summed E-state index contributed by atoms with van der Waals surface area (Å²) in [6, 6.07) is 4.23. The topological polar surface area (TPSA) is 315 Å². The molecule has 7 amide bonds. The third-order valence-corrected chi connectivity index (χ3v) is 7.60. The fraction of sp³-hybridized carbons (Fsp3) is 0.394. The van der Waals surface area contributed by atoms with Gasteiger partial charge < -0.3 is 53.3 Å². The number of phenolic OH excluding ortho intramolecular Hbond substituents is 2. The number of benzene rings is 2. The van der Waals surface area contributed by atoms with Crippen molar-refractivity contribution in [2.45, 2.75) is 75.7 Å². The van der Waals surface area contributed by atoms with Gasteiger partial charge in [-0.1, -0.05) is 24.3 Å². The summed E-state index contributed by atoms with van der Waals surface area (Å²) in [6.45, 7) is -0.0535. The molecule has 2 aromatic rings. The predicted molar refractivity (Wildman–Crippen MR) is 179 cm³/mol. The number of aldehydes is 1. The number of aliphatic hydroxyl groups excluding tert-OH is 1. The lowest BCUT2D eigenvalue weighted by Gasteiger charge is -2.30. The molecule has 0 unspecified atom stereocenters. The summed E-state index contributed by atoms with van der Waals surface area (Å²) in [5.41, 5.74) is 17.5. The first-order valence-electron chi connectivity index (χ1n) is 15.7. The number of aliphatic hydroxyl groups is 1. The number of hydrogen-bond donors (Lipinski definition) is 9. The van der Waals surface area contributed by atoms with Gasteiger partial charge >= 0.3 is 0 Å². The highest BCUT2D eigenvalue weighted by Gasteiger charge is 2.36. The Balaban J connectivity index is 2.30. The molecule has 0 aromatic heterocycles. The SMILES string of the molecule is CC(=O)N(C(=O)[C@H](CCC(N)=O)NC(=O)[C@H](CO)NC(=O)[C@H](Cc1ccc(O)cc1)NC(=O)[C@@H](N)Cc1ccc(O)cc1)[C@H](C=O)CCC(N)=O. The lowest BCUT2D eigenvalue weighted by Crippen LogP contribution is -2.60. The van der Waals surface area contributed by atoms with E-state index in [0.29, 0.717) is 16.0 Å². The van der Waals surface area contributed by atoms with Gasteiger partial charge in [0.2, 0.25) is 35.4 Å². The van der Waals surface area contributed by atoms with E-state index in [9.17, 15) is 53.7 Å². The van der Waals surface area contributed by atoms with Crippen LogP contribution in [-0.4, -0.2) is 105 Å². The number of primary amides is 2. The van der Waals surface area contributed by atoms with Gasteiger partial charge in [-0.15, -0.1) is 0 Å². The Bertz CT molecular complexity index is 1570. The average Bonchev–Trinajstić information content (AvgIpc) is 3.07. The highest BCUT2D eigenvalue weighted by Crippen LogP contribution is 2.14. The molecule has 18 nitrogen and oxygen atoms in total. The monoisotopic (exact) mass is 713 g/mol. The minimum Gasteiger partial charge on any atom is -0.508 e. The van der Waals surface area contributed by atoms with Crippen LogP contribution in [0.25, 0.3) is 0 Å². The van der Waals surface area contributed by atoms with Crippen LogP contribution in [0.15, 0.2) is 48.5 Å². The van der Waals surface area contributed by atoms with E-state index in [1.807, 2.05) is 0 Å². The second-order valence-corrected chi connectivity index (χ2v) is 11.7. The van der Waals surface area contributed by atoms with Crippen LogP contribution in [0.5, 0.6) is 11.5 Å². The normalized spacial score (nSPS) is 13.7. The molecule has 0 radical (unpaired) electrons. The van der Waals surface area contributed by atoms with Crippen molar-refractivity contribution in [1.29, 1.82) is 0 Å². The van der Waals surface area contributed by atoms with Crippen LogP contribution in [0.1, 0.15) is 43.7 Å². The number of phenols is 2. The summed E-state index contributed by atoms with van der Waals surface area (Å²) < 4.78 is 0. The quantitative estimate of drug-likeness (QED) is 0.0626. The molecule has 0 aliphatic heterocycles. The molecular formula is C33H43N7O11. The summed E-state index contributed by atoms with van der Waals surface area (Å²) >= 11 is 0. The minimum absolute atomic E-state index is 0.00924. The molecule has 0 saturated carbocycles. The number of aromatic hydroxyl groups is 2. The number of imide groups is 1. The summed E-state index contributed by atoms with van der Waals surface area (Å²) in [6.07, 6.45) is -1.47. The average molecular weight is 714 g/mol. The van der Waals surface area contributed by atoms with E-state index in [4.69, 9.17) is 17.2 Å². The highest BCUT2D eigenvalue weighted by molar-refractivity contribution is 6.01. The van der Waals surface area contributed by atoms with Gasteiger partial charge in [-0.05, 0) is 54.7 Å². The molecule has 5 atom stereocenters. The summed E-state index contributed by atoms with van der Waals surface area (Å²) in [4.78, 5) is 101. The largest absolute Gasteiger partial charge is 0.508 e. The number of carbonyl (C=O) groups excluding carboxylic acids is 8. The summed E-state index contributed by atoms with van der Waals surface area (Å²) in [5.74, 6) is -6.66. The highest BCUT2D eigenvalue weighted by atomic mass is 16.3. The van der Waals surface area contributed by atoms with Gasteiger partial charge in [-0.2, -0.15) is 0 Å². The number of amides is 7. The first-order chi connectivity index (χ1) is 24.1. The van der Waals surface area contributed by atoms with E-state index in [1.54, 1.807) is 12.1 Å². The molecule has 12 N–H and O–H groups in total. The van der Waals surface area contributed by atoms with E-state index in [2.05, 4.69) is 16.0 Å². The molecule has 2 aromatic carbocycles. The maximum atomic E-state index is 13.5. The number of hydrogen-bond acceptors (Lipinski definition) is 12. The maximum absolute atomic E-state index is 13.5. The Labute approximate surface area is 292 Å². The van der Waals surface area contributed by atoms with Crippen LogP contribution in [0.2, 0.25) is 0 Å². The van der Waals surface area contributed by atoms with Crippen molar-refractivity contribution in [3.8, 4) is 11.5 Å². The van der Waals surface area contributed by atoms with Crippen molar-refractivity contribution >= 4 is 47.6 Å². The fourth-order valence-corrected chi connectivity index (χ4v) is 4.89. The second kappa shape index (κ2) is 20.0. The predicted octanol–water partition coefficient (Wildman–Crippen LogP) is -2.87. The molecule has 0 aliphatic rings. The lowest BCUT2D eigenvalue weighted by molar-refractivity contribution is -0.151. The van der Waals surface area contributed by atoms with E-state index in [0.717, 1.165) is 6.92 Å². The zero-order valence-electron chi connectivity index (χ0n) is 27.8. The van der Waals surface area contributed by atoms with Crippen LogP contribution in [0, 0.1) is 0 Å². The first-order valence-corrected chi connectivity index (χ1v) is 15.7. The molecule has 18 heteroatoms. The van der Waals surface area contributed by atoms with E-state index >= 15 is 0 Å². The third-order valence-electron chi connectivity index (χ3n) is 7.60. The fourth-order valence-electron chi connectivity index (χ4n) is 4.89. The van der Waals surface area contributed by atoms with E-state index < -0.39 is 91.0 Å². The van der Waals surface area contributed by atoms with Crippen LogP contribution in [-0.2, 0) is 51.2 Å². The maximum Gasteiger partial charge on any atom is 0.252 e. The Morgan fingerprint density at radius 2 is 1.16 bits per heavy atom. The van der Waals surface area contributed by atoms with Crippen LogP contribution in [0.3, 0.4) is 0 Å². The van der Waals surface area contributed by atoms with E-state index in [-0.39, 0.29) is 43.5 Å². The van der Waals surface area contributed by atoms with Crippen molar-refractivity contribution in [2.75, 3.05) is 6.61 Å². The first kappa shape index (κ1) is 41.3. The molecule has 0 bridgehead atoms. The smallest absolute Gasteiger partial charge is 0.252 e. The van der Waals surface area contributed by atoms with Crippen molar-refractivity contribution in [2.24, 2.45) is 17.2 Å². The van der Waals surface area contributed by atoms with Crippen molar-refractivity contribution in [1.82, 2.24) is 20.9 Å². The second-order valence-electron chi connectivity index (χ2n) is 11.7. The minimum atomic E-state index is -1.74.